The van der Waals surface area contributed by atoms with Gasteiger partial charge in [-0.25, -0.2) is 9.48 Å². The molecule has 3 rings (SSSR count). The van der Waals surface area contributed by atoms with Crippen LogP contribution in [0.5, 0.6) is 5.75 Å². The fourth-order valence-electron chi connectivity index (χ4n) is 2.66. The maximum Gasteiger partial charge on any atom is 0.362 e. The summed E-state index contributed by atoms with van der Waals surface area (Å²) >= 11 is 0. The summed E-state index contributed by atoms with van der Waals surface area (Å²) in [4.78, 5) is 26.2. The first-order chi connectivity index (χ1) is 14.0. The van der Waals surface area contributed by atoms with E-state index in [0.29, 0.717) is 12.3 Å². The molecule has 0 saturated carbocycles. The predicted molar refractivity (Wildman–Crippen MR) is 105 cm³/mol. The highest BCUT2D eigenvalue weighted by molar-refractivity contribution is 5.90. The molecule has 0 saturated heterocycles. The van der Waals surface area contributed by atoms with Gasteiger partial charge in [-0.05, 0) is 38.1 Å². The number of nitrogens with zero attached hydrogens (tertiary/aromatic N) is 3. The number of carbonyl (C=O) groups excluding carboxylic acids is 2. The van der Waals surface area contributed by atoms with Crippen molar-refractivity contribution in [2.45, 2.75) is 20.4 Å². The molecule has 0 aliphatic carbocycles. The van der Waals surface area contributed by atoms with Crippen molar-refractivity contribution in [1.82, 2.24) is 14.7 Å². The summed E-state index contributed by atoms with van der Waals surface area (Å²) in [5.74, 6) is 0.778. The van der Waals surface area contributed by atoms with E-state index in [1.807, 2.05) is 49.4 Å². The van der Waals surface area contributed by atoms with Crippen molar-refractivity contribution < 1.29 is 23.5 Å². The molecule has 8 nitrogen and oxygen atoms in total. The average molecular weight is 397 g/mol. The van der Waals surface area contributed by atoms with Crippen LogP contribution in [0, 0.1) is 6.92 Å². The highest BCUT2D eigenvalue weighted by Gasteiger charge is 2.22. The van der Waals surface area contributed by atoms with E-state index in [1.54, 1.807) is 20.2 Å². The lowest BCUT2D eigenvalue weighted by Gasteiger charge is -2.15. The molecule has 0 radical (unpaired) electrons. The number of esters is 1. The van der Waals surface area contributed by atoms with Crippen LogP contribution in [-0.4, -0.2) is 46.8 Å². The van der Waals surface area contributed by atoms with Gasteiger partial charge in [0.2, 0.25) is 5.69 Å². The number of ether oxygens (including phenoxy) is 2. The van der Waals surface area contributed by atoms with E-state index < -0.39 is 5.97 Å². The molecule has 1 amide bonds. The largest absolute Gasteiger partial charge is 0.480 e. The second kappa shape index (κ2) is 9.09. The Morgan fingerprint density at radius 1 is 1.17 bits per heavy atom. The van der Waals surface area contributed by atoms with Gasteiger partial charge in [0.15, 0.2) is 12.4 Å². The smallest absolute Gasteiger partial charge is 0.362 e. The number of likely N-dealkylation sites (N-methyl/N-ethyl adjacent to an activating group) is 1. The van der Waals surface area contributed by atoms with Gasteiger partial charge < -0.3 is 18.8 Å². The van der Waals surface area contributed by atoms with E-state index in [-0.39, 0.29) is 30.6 Å². The maximum atomic E-state index is 12.4. The summed E-state index contributed by atoms with van der Waals surface area (Å²) in [5, 5.41) is 4.27. The Hall–Kier alpha value is -3.55. The molecule has 0 bridgehead atoms. The fraction of sp³-hybridized carbons (Fsp3) is 0.286. The van der Waals surface area contributed by atoms with Crippen molar-refractivity contribution in [2.24, 2.45) is 0 Å². The van der Waals surface area contributed by atoms with E-state index in [1.165, 1.54) is 9.58 Å². The summed E-state index contributed by atoms with van der Waals surface area (Å²) in [6, 6.07) is 12.9. The van der Waals surface area contributed by atoms with Crippen LogP contribution in [0.1, 0.15) is 28.9 Å². The van der Waals surface area contributed by atoms with E-state index in [2.05, 4.69) is 5.10 Å². The first-order valence-corrected chi connectivity index (χ1v) is 9.22. The quantitative estimate of drug-likeness (QED) is 0.543. The Bertz CT molecular complexity index is 977. The van der Waals surface area contributed by atoms with Crippen LogP contribution in [-0.2, 0) is 16.1 Å². The van der Waals surface area contributed by atoms with Crippen LogP contribution in [0.2, 0.25) is 0 Å². The van der Waals surface area contributed by atoms with Crippen LogP contribution >= 0.6 is 0 Å². The molecule has 0 atom stereocenters. The van der Waals surface area contributed by atoms with Gasteiger partial charge in [-0.1, -0.05) is 18.2 Å². The number of rotatable bonds is 8. The predicted octanol–water partition coefficient (Wildman–Crippen LogP) is 2.99. The lowest BCUT2D eigenvalue weighted by Crippen LogP contribution is -2.31. The number of furan rings is 1. The molecule has 8 heteroatoms. The van der Waals surface area contributed by atoms with Crippen molar-refractivity contribution in [3.8, 4) is 11.4 Å². The maximum absolute atomic E-state index is 12.4. The topological polar surface area (TPSA) is 86.8 Å². The monoisotopic (exact) mass is 397 g/mol. The molecule has 0 N–H and O–H groups in total. The minimum absolute atomic E-state index is 0.0211. The standard InChI is InChI=1S/C21H23N3O5/c1-4-27-21(26)20-18(13-24(22-20)16-8-6-5-7-9-16)28-14-19(25)23(3)12-17-11-10-15(2)29-17/h5-11,13H,4,12,14H2,1-3H3. The van der Waals surface area contributed by atoms with Crippen molar-refractivity contribution in [3.05, 3.63) is 65.9 Å². The molecule has 0 spiro atoms. The molecule has 0 fully saturated rings. The SMILES string of the molecule is CCOC(=O)c1nn(-c2ccccc2)cc1OCC(=O)N(C)Cc1ccc(C)o1. The third-order valence-electron chi connectivity index (χ3n) is 4.14. The summed E-state index contributed by atoms with van der Waals surface area (Å²) in [6.07, 6.45) is 1.56. The molecule has 29 heavy (non-hydrogen) atoms. The average Bonchev–Trinajstić information content (AvgIpc) is 3.33. The minimum Gasteiger partial charge on any atom is -0.480 e. The molecule has 0 unspecified atom stereocenters. The second-order valence-electron chi connectivity index (χ2n) is 6.39. The zero-order valence-electron chi connectivity index (χ0n) is 16.6. The Labute approximate surface area is 168 Å². The number of amides is 1. The highest BCUT2D eigenvalue weighted by Crippen LogP contribution is 2.21. The molecular formula is C21H23N3O5. The summed E-state index contributed by atoms with van der Waals surface area (Å²) in [5.41, 5.74) is 0.775. The highest BCUT2D eigenvalue weighted by atomic mass is 16.5. The van der Waals surface area contributed by atoms with E-state index in [4.69, 9.17) is 13.9 Å². The van der Waals surface area contributed by atoms with Gasteiger partial charge in [0, 0.05) is 7.05 Å². The van der Waals surface area contributed by atoms with Gasteiger partial charge in [0.1, 0.15) is 11.5 Å². The summed E-state index contributed by atoms with van der Waals surface area (Å²) in [7, 11) is 1.66. The third kappa shape index (κ3) is 5.04. The van der Waals surface area contributed by atoms with Crippen LogP contribution in [0.3, 0.4) is 0 Å². The Balaban J connectivity index is 1.72. The lowest BCUT2D eigenvalue weighted by atomic mass is 10.3. The van der Waals surface area contributed by atoms with E-state index in [0.717, 1.165) is 11.4 Å². The number of carbonyl (C=O) groups is 2. The number of benzene rings is 1. The Kier molecular flexibility index (Phi) is 6.33. The summed E-state index contributed by atoms with van der Waals surface area (Å²) in [6.45, 7) is 3.84. The Morgan fingerprint density at radius 2 is 1.93 bits per heavy atom. The zero-order valence-corrected chi connectivity index (χ0v) is 16.6. The number of hydrogen-bond acceptors (Lipinski definition) is 6. The van der Waals surface area contributed by atoms with Crippen molar-refractivity contribution in [1.29, 1.82) is 0 Å². The van der Waals surface area contributed by atoms with Crippen LogP contribution in [0.25, 0.3) is 5.69 Å². The van der Waals surface area contributed by atoms with Crippen LogP contribution in [0.15, 0.2) is 53.1 Å². The molecule has 3 aromatic rings. The minimum atomic E-state index is -0.607. The number of para-hydroxylation sites is 1. The molecule has 2 heterocycles. The van der Waals surface area contributed by atoms with Crippen molar-refractivity contribution in [2.75, 3.05) is 20.3 Å². The first-order valence-electron chi connectivity index (χ1n) is 9.22. The van der Waals surface area contributed by atoms with Gasteiger partial charge >= 0.3 is 5.97 Å². The zero-order chi connectivity index (χ0) is 20.8. The van der Waals surface area contributed by atoms with Crippen molar-refractivity contribution >= 4 is 11.9 Å². The van der Waals surface area contributed by atoms with Gasteiger partial charge in [-0.15, -0.1) is 0 Å². The first kappa shape index (κ1) is 20.2. The molecule has 0 aliphatic rings. The van der Waals surface area contributed by atoms with Crippen LogP contribution in [0.4, 0.5) is 0 Å². The fourth-order valence-corrected chi connectivity index (χ4v) is 2.66. The van der Waals surface area contributed by atoms with Gasteiger partial charge in [0.05, 0.1) is 25.0 Å². The summed E-state index contributed by atoms with van der Waals surface area (Å²) < 4.78 is 17.7. The molecule has 1 aromatic carbocycles. The molecule has 2 aromatic heterocycles. The van der Waals surface area contributed by atoms with Gasteiger partial charge in [0.25, 0.3) is 5.91 Å². The van der Waals surface area contributed by atoms with Crippen molar-refractivity contribution in [3.63, 3.8) is 0 Å². The second-order valence-corrected chi connectivity index (χ2v) is 6.39. The van der Waals surface area contributed by atoms with Crippen LogP contribution < -0.4 is 4.74 Å². The van der Waals surface area contributed by atoms with E-state index >= 15 is 0 Å². The number of aromatic nitrogens is 2. The normalized spacial score (nSPS) is 10.6. The lowest BCUT2D eigenvalue weighted by molar-refractivity contribution is -0.132. The van der Waals surface area contributed by atoms with Gasteiger partial charge in [-0.2, -0.15) is 5.10 Å². The van der Waals surface area contributed by atoms with Gasteiger partial charge in [-0.3, -0.25) is 4.79 Å². The number of aryl methyl sites for hydroxylation is 1. The van der Waals surface area contributed by atoms with E-state index in [9.17, 15) is 9.59 Å². The molecular weight excluding hydrogens is 374 g/mol. The molecule has 0 aliphatic heterocycles. The molecule has 152 valence electrons. The third-order valence-corrected chi connectivity index (χ3v) is 4.14. The Morgan fingerprint density at radius 3 is 2.59 bits per heavy atom. The number of hydrogen-bond donors (Lipinski definition) is 0.